The van der Waals surface area contributed by atoms with Crippen molar-refractivity contribution in [2.45, 2.75) is 312 Å². The van der Waals surface area contributed by atoms with Crippen molar-refractivity contribution in [3.05, 3.63) is 85.8 Å². The van der Waals surface area contributed by atoms with Gasteiger partial charge in [-0.15, -0.1) is 34.0 Å². The van der Waals surface area contributed by atoms with Crippen LogP contribution in [-0.4, -0.2) is 182 Å². The van der Waals surface area contributed by atoms with E-state index in [0.717, 1.165) is 45.6 Å². The van der Waals surface area contributed by atoms with Gasteiger partial charge in [0.15, 0.2) is 0 Å². The van der Waals surface area contributed by atoms with Crippen molar-refractivity contribution in [2.75, 3.05) is 0 Å². The average Bonchev–Trinajstić information content (AvgIpc) is 1.15. The molecule has 0 spiro atoms. The topological polar surface area (TPSA) is 441 Å². The molecule has 3 aromatic rings. The summed E-state index contributed by atoms with van der Waals surface area (Å²) < 4.78 is 23.1. The number of fused-ring (bicyclic) bond motifs is 1. The maximum absolute atomic E-state index is 13.2. The van der Waals surface area contributed by atoms with E-state index in [9.17, 15) is 69.6 Å². The van der Waals surface area contributed by atoms with Gasteiger partial charge < -0.3 is 59.8 Å². The van der Waals surface area contributed by atoms with Gasteiger partial charge in [-0.2, -0.15) is 0 Å². The Labute approximate surface area is 647 Å². The molecule has 108 heavy (non-hydrogen) atoms. The highest BCUT2D eigenvalue weighted by Gasteiger charge is 2.47. The van der Waals surface area contributed by atoms with Crippen LogP contribution in [0.15, 0.2) is 43.1 Å². The van der Waals surface area contributed by atoms with E-state index in [-0.39, 0.29) is 66.6 Å². The van der Waals surface area contributed by atoms with Gasteiger partial charge in [0.25, 0.3) is 0 Å². The molecule has 0 saturated carbocycles. The van der Waals surface area contributed by atoms with Gasteiger partial charge in [-0.05, 0) is 150 Å². The quantitative estimate of drug-likeness (QED) is 0.0259. The first-order valence-corrected chi connectivity index (χ1v) is 40.3. The maximum Gasteiger partial charge on any atom is 0.309 e. The summed E-state index contributed by atoms with van der Waals surface area (Å²) in [6, 6.07) is -1.63. The number of hydrogen-bond donors (Lipinski definition) is 8. The van der Waals surface area contributed by atoms with Gasteiger partial charge in [0.05, 0.1) is 141 Å². The van der Waals surface area contributed by atoms with Crippen LogP contribution in [0, 0.1) is 72.5 Å². The number of carbonyl (C=O) groups is 6. The second-order valence-electron chi connectivity index (χ2n) is 32.1. The Hall–Kier alpha value is -6.21. The molecular formula is C78H119N9O18S3. The highest BCUT2D eigenvalue weighted by Crippen LogP contribution is 2.39. The predicted octanol–water partition coefficient (Wildman–Crippen LogP) is 12.8. The Morgan fingerprint density at radius 3 is 1.10 bits per heavy atom. The first-order valence-electron chi connectivity index (χ1n) is 37.7. The number of aliphatic hydroxyl groups is 8. The number of azide groups is 2. The van der Waals surface area contributed by atoms with Crippen LogP contribution in [-0.2, 0) is 47.7 Å². The van der Waals surface area contributed by atoms with E-state index in [2.05, 4.69) is 35.0 Å². The minimum Gasteiger partial charge on any atom is -0.458 e. The first kappa shape index (κ1) is 92.4. The van der Waals surface area contributed by atoms with Gasteiger partial charge in [0.1, 0.15) is 35.7 Å². The third-order valence-corrected chi connectivity index (χ3v) is 24.6. The molecule has 21 atom stereocenters. The summed E-state index contributed by atoms with van der Waals surface area (Å²) in [7, 11) is 0. The van der Waals surface area contributed by atoms with Crippen molar-refractivity contribution in [1.29, 1.82) is 0 Å². The SMILES string of the molecule is C/C(=C\c1csc(C)n1)[C@@H]1CC(O)[C@H](N=[N+]=[N-])CCC[C@H](C)[C@H](O)[C@@H](C)C(=O)C(C)(C)[C@@H](O)CC(=O)O1.C/C(=C\c1csc(C)n1)[C@@H]1CC2O[C@H]2CCC[C@H](C)[C@H](O)[C@@H](C)C(=O)C(C)(C)[C@@H](O)CC(=O)O1.C/C(=C\c1csc(C)n1)[C@@H]1C[C@H](N=[N+]=[N-])[C@@H](O)CCC[C@H](C)[C@H](O)[C@@H](C)C(=O)C(C)(C)[C@@H](O)CC(=O)O1. The van der Waals surface area contributed by atoms with Crippen molar-refractivity contribution in [1.82, 2.24) is 15.0 Å². The highest BCUT2D eigenvalue weighted by atomic mass is 32.1. The number of hydrogen-bond acceptors (Lipinski definition) is 26. The van der Waals surface area contributed by atoms with E-state index in [1.54, 1.807) is 99.6 Å². The van der Waals surface area contributed by atoms with Gasteiger partial charge in [0, 0.05) is 56.6 Å². The fraction of sp³-hybridized carbons (Fsp3) is 0.731. The maximum atomic E-state index is 13.2. The zero-order valence-corrected chi connectivity index (χ0v) is 68.6. The zero-order valence-electron chi connectivity index (χ0n) is 66.1. The number of rotatable bonds is 8. The van der Waals surface area contributed by atoms with Crippen LogP contribution in [0.3, 0.4) is 0 Å². The summed E-state index contributed by atoms with van der Waals surface area (Å²) in [4.78, 5) is 97.4. The smallest absolute Gasteiger partial charge is 0.309 e. The lowest BCUT2D eigenvalue weighted by atomic mass is 9.73. The third kappa shape index (κ3) is 26.8. The Kier molecular flexibility index (Phi) is 35.8. The number of cyclic esters (lactones) is 3. The van der Waals surface area contributed by atoms with Crippen molar-refractivity contribution >= 4 is 87.5 Å². The molecule has 0 radical (unpaired) electrons. The fourth-order valence-electron chi connectivity index (χ4n) is 14.2. The highest BCUT2D eigenvalue weighted by molar-refractivity contribution is 7.10. The van der Waals surface area contributed by atoms with Crippen molar-refractivity contribution in [3.8, 4) is 0 Å². The summed E-state index contributed by atoms with van der Waals surface area (Å²) in [6.45, 7) is 31.2. The number of epoxide rings is 1. The molecule has 7 heterocycles. The molecule has 0 amide bonds. The van der Waals surface area contributed by atoms with Gasteiger partial charge in [-0.25, -0.2) is 15.0 Å². The van der Waals surface area contributed by atoms with Gasteiger partial charge >= 0.3 is 17.9 Å². The largest absolute Gasteiger partial charge is 0.458 e. The molecule has 0 aliphatic carbocycles. The van der Waals surface area contributed by atoms with Crippen molar-refractivity contribution < 1.29 is 88.6 Å². The molecule has 4 aliphatic rings. The number of aliphatic hydroxyl groups excluding tert-OH is 8. The number of ketones is 3. The van der Waals surface area contributed by atoms with Gasteiger partial charge in [-0.3, -0.25) is 28.8 Å². The van der Waals surface area contributed by atoms with E-state index in [4.69, 9.17) is 30.0 Å². The lowest BCUT2D eigenvalue weighted by molar-refractivity contribution is -0.156. The van der Waals surface area contributed by atoms with Crippen LogP contribution >= 0.6 is 34.0 Å². The van der Waals surface area contributed by atoms with Crippen LogP contribution in [0.4, 0.5) is 0 Å². The lowest BCUT2D eigenvalue weighted by Gasteiger charge is -2.35. The second kappa shape index (κ2) is 41.9. The molecule has 4 fully saturated rings. The molecule has 27 nitrogen and oxygen atoms in total. The van der Waals surface area contributed by atoms with Gasteiger partial charge in [0.2, 0.25) is 0 Å². The molecule has 8 N–H and O–H groups in total. The number of esters is 3. The number of aromatic nitrogens is 3. The van der Waals surface area contributed by atoms with Crippen LogP contribution in [0.2, 0.25) is 0 Å². The zero-order chi connectivity index (χ0) is 81.0. The monoisotopic (exact) mass is 1570 g/mol. The molecule has 7 rings (SSSR count). The number of aryl methyl sites for hydroxylation is 3. The number of ether oxygens (including phenoxy) is 4. The molecule has 0 bridgehead atoms. The first-order chi connectivity index (χ1) is 50.4. The fourth-order valence-corrected chi connectivity index (χ4v) is 15.9. The summed E-state index contributed by atoms with van der Waals surface area (Å²) >= 11 is 4.51. The molecule has 4 saturated heterocycles. The summed E-state index contributed by atoms with van der Waals surface area (Å²) in [5.41, 5.74) is 18.8. The van der Waals surface area contributed by atoms with E-state index in [1.807, 2.05) is 70.7 Å². The van der Waals surface area contributed by atoms with Crippen molar-refractivity contribution in [2.24, 2.45) is 62.0 Å². The minimum absolute atomic E-state index is 0.00770. The standard InChI is InChI=1S/2C26H40N4O6S.C26H39NO6S/c1-14-8-7-9-20(31)19(29-30-27)11-21(15(2)10-18-13-37-17(4)28-18)36-23(33)12-22(32)26(5,6)25(35)16(3)24(14)34;1-14-8-7-9-19(29-30-27)20(31)11-21(15(2)10-18-13-37-17(4)28-18)36-23(33)12-22(32)26(5,6)25(35)16(3)24(14)34;1-14-8-7-9-19-21(32-19)11-20(15(2)10-18-13-34-17(4)27-18)33-23(29)12-22(28)26(5,6)25(31)16(3)24(14)30/h2*10,13-14,16,19-22,24,31-32,34H,7-9,11-12H2,1-6H3;10,13-14,16,19-22,24,28,30H,7-9,11-12H2,1-6H3/b3*15-10+/t14-,16+,19-,20-,21-,22-,24-;14-,16+,19+,20?,21-,22-,24-;14-,16+,19-,20-,21?,22-,24-/m000/s1. The summed E-state index contributed by atoms with van der Waals surface area (Å²) in [5.74, 6) is -5.67. The van der Waals surface area contributed by atoms with Gasteiger partial charge in [-0.1, -0.05) is 113 Å². The lowest BCUT2D eigenvalue weighted by Crippen LogP contribution is -2.46. The Balaban J connectivity index is 0.000000291. The second-order valence-corrected chi connectivity index (χ2v) is 35.2. The number of nitrogens with zero attached hydrogens (tertiary/aromatic N) is 9. The van der Waals surface area contributed by atoms with Crippen LogP contribution < -0.4 is 0 Å². The van der Waals surface area contributed by atoms with Crippen LogP contribution in [0.25, 0.3) is 39.1 Å². The average molecular weight is 1570 g/mol. The molecule has 3 aromatic heterocycles. The predicted molar refractivity (Wildman–Crippen MR) is 414 cm³/mol. The summed E-state index contributed by atoms with van der Waals surface area (Å²) in [6.07, 6.45) is -0.569. The minimum atomic E-state index is -1.34. The molecule has 602 valence electrons. The Morgan fingerprint density at radius 2 is 0.769 bits per heavy atom. The van der Waals surface area contributed by atoms with Crippen LogP contribution in [0.5, 0.6) is 0 Å². The van der Waals surface area contributed by atoms with E-state index >= 15 is 0 Å². The normalized spacial score (nSPS) is 33.9. The van der Waals surface area contributed by atoms with Crippen molar-refractivity contribution in [3.63, 3.8) is 0 Å². The molecule has 0 aromatic carbocycles. The molecule has 4 aliphatic heterocycles. The van der Waals surface area contributed by atoms with E-state index in [1.165, 1.54) is 22.7 Å². The summed E-state index contributed by atoms with van der Waals surface area (Å²) in [5, 5.41) is 103. The number of carbonyl (C=O) groups excluding carboxylic acids is 6. The third-order valence-electron chi connectivity index (χ3n) is 22.2. The Bertz CT molecular complexity index is 3690. The van der Waals surface area contributed by atoms with Crippen LogP contribution in [0.1, 0.15) is 232 Å². The number of Topliss-reactive ketones (excluding diaryl/α,β-unsaturated/α-hetero) is 3. The number of thiazole rings is 3. The molecule has 30 heteroatoms. The van der Waals surface area contributed by atoms with E-state index < -0.39 is 144 Å². The van der Waals surface area contributed by atoms with E-state index in [0.29, 0.717) is 67.5 Å². The molecule has 2 unspecified atom stereocenters. The molecular weight excluding hydrogens is 1450 g/mol. The Morgan fingerprint density at radius 1 is 0.454 bits per heavy atom.